The van der Waals surface area contributed by atoms with Crippen LogP contribution in [0.2, 0.25) is 0 Å². The molecular weight excluding hydrogens is 516 g/mol. The standard InChI is InChI=1S/C25H40N4O8S/c1-15(2)20(28-21(32)16(12-14-38-6)27-24(36)37-25(3,4)5)22(33)26-17(23(34)35)9-7-8-13-29-18(30)10-11-19(29)31/h10-11,15-17,20H,7-9,12-14H2,1-6H3,(H,26,33)(H,27,36)(H,28,32)(H,34,35). The third kappa shape index (κ3) is 11.5. The first-order chi connectivity index (χ1) is 17.7. The molecule has 0 aromatic heterocycles. The molecule has 4 N–H and O–H groups in total. The van der Waals surface area contributed by atoms with Gasteiger partial charge in [0.25, 0.3) is 11.8 Å². The van der Waals surface area contributed by atoms with Crippen LogP contribution in [0.25, 0.3) is 0 Å². The van der Waals surface area contributed by atoms with Crippen LogP contribution in [0.4, 0.5) is 4.79 Å². The quantitative estimate of drug-likeness (QED) is 0.172. The van der Waals surface area contributed by atoms with E-state index in [-0.39, 0.29) is 18.9 Å². The van der Waals surface area contributed by atoms with Gasteiger partial charge < -0.3 is 25.8 Å². The largest absolute Gasteiger partial charge is 0.480 e. The number of ether oxygens (including phenoxy) is 1. The molecule has 0 spiro atoms. The summed E-state index contributed by atoms with van der Waals surface area (Å²) in [6.07, 6.45) is 4.53. The topological polar surface area (TPSA) is 171 Å². The number of imide groups is 1. The molecule has 214 valence electrons. The summed E-state index contributed by atoms with van der Waals surface area (Å²) in [5.41, 5.74) is -0.757. The lowest BCUT2D eigenvalue weighted by Crippen LogP contribution is -2.57. The second-order valence-corrected chi connectivity index (χ2v) is 11.3. The summed E-state index contributed by atoms with van der Waals surface area (Å²) in [6.45, 7) is 8.66. The molecule has 0 aromatic rings. The summed E-state index contributed by atoms with van der Waals surface area (Å²) in [5, 5.41) is 17.3. The average molecular weight is 557 g/mol. The number of hydrogen-bond acceptors (Lipinski definition) is 8. The molecule has 0 bridgehead atoms. The minimum Gasteiger partial charge on any atom is -0.480 e. The molecule has 0 aliphatic carbocycles. The predicted octanol–water partition coefficient (Wildman–Crippen LogP) is 1.44. The Morgan fingerprint density at radius 2 is 1.55 bits per heavy atom. The Hall–Kier alpha value is -3.09. The predicted molar refractivity (Wildman–Crippen MR) is 142 cm³/mol. The third-order valence-corrected chi connectivity index (χ3v) is 6.15. The van der Waals surface area contributed by atoms with Gasteiger partial charge in [-0.1, -0.05) is 13.8 Å². The Kier molecular flexibility index (Phi) is 13.3. The van der Waals surface area contributed by atoms with Crippen LogP contribution in [0.3, 0.4) is 0 Å². The number of carbonyl (C=O) groups excluding carboxylic acids is 5. The van der Waals surface area contributed by atoms with E-state index in [1.807, 2.05) is 6.26 Å². The lowest BCUT2D eigenvalue weighted by molar-refractivity contribution is -0.143. The minimum atomic E-state index is -1.24. The van der Waals surface area contributed by atoms with E-state index in [1.54, 1.807) is 34.6 Å². The Morgan fingerprint density at radius 1 is 0.947 bits per heavy atom. The summed E-state index contributed by atoms with van der Waals surface area (Å²) < 4.78 is 5.24. The number of nitrogens with zero attached hydrogens (tertiary/aromatic N) is 1. The summed E-state index contributed by atoms with van der Waals surface area (Å²) in [6, 6.07) is -3.23. The molecule has 38 heavy (non-hydrogen) atoms. The van der Waals surface area contributed by atoms with Gasteiger partial charge in [0, 0.05) is 18.7 Å². The van der Waals surface area contributed by atoms with Crippen LogP contribution in [0, 0.1) is 5.92 Å². The van der Waals surface area contributed by atoms with E-state index in [1.165, 1.54) is 23.9 Å². The van der Waals surface area contributed by atoms with Crippen LogP contribution >= 0.6 is 11.8 Å². The van der Waals surface area contributed by atoms with Crippen molar-refractivity contribution in [1.29, 1.82) is 0 Å². The fourth-order valence-corrected chi connectivity index (χ4v) is 4.00. The molecule has 12 nitrogen and oxygen atoms in total. The monoisotopic (exact) mass is 556 g/mol. The first-order valence-electron chi connectivity index (χ1n) is 12.5. The van der Waals surface area contributed by atoms with Crippen molar-refractivity contribution in [1.82, 2.24) is 20.9 Å². The van der Waals surface area contributed by atoms with Crippen LogP contribution in [-0.2, 0) is 28.7 Å². The van der Waals surface area contributed by atoms with Gasteiger partial charge >= 0.3 is 12.1 Å². The highest BCUT2D eigenvalue weighted by Crippen LogP contribution is 2.11. The Bertz CT molecular complexity index is 898. The highest BCUT2D eigenvalue weighted by molar-refractivity contribution is 7.98. The molecule has 1 heterocycles. The molecule has 1 aliphatic heterocycles. The van der Waals surface area contributed by atoms with Gasteiger partial charge in [-0.15, -0.1) is 0 Å². The normalized spacial score (nSPS) is 15.7. The van der Waals surface area contributed by atoms with E-state index in [4.69, 9.17) is 4.74 Å². The number of carboxylic acids is 1. The number of carbonyl (C=O) groups is 6. The number of unbranched alkanes of at least 4 members (excludes halogenated alkanes) is 1. The van der Waals surface area contributed by atoms with Gasteiger partial charge in [-0.25, -0.2) is 9.59 Å². The van der Waals surface area contributed by atoms with Crippen LogP contribution in [0.15, 0.2) is 12.2 Å². The van der Waals surface area contributed by atoms with Crippen molar-refractivity contribution >= 4 is 47.5 Å². The van der Waals surface area contributed by atoms with E-state index >= 15 is 0 Å². The van der Waals surface area contributed by atoms with Crippen molar-refractivity contribution in [2.75, 3.05) is 18.6 Å². The number of thioether (sulfide) groups is 1. The molecule has 3 atom stereocenters. The van der Waals surface area contributed by atoms with Crippen molar-refractivity contribution in [3.63, 3.8) is 0 Å². The first-order valence-corrected chi connectivity index (χ1v) is 13.9. The van der Waals surface area contributed by atoms with Gasteiger partial charge in [0.2, 0.25) is 11.8 Å². The van der Waals surface area contributed by atoms with Gasteiger partial charge in [0.1, 0.15) is 23.7 Å². The summed E-state index contributed by atoms with van der Waals surface area (Å²) in [4.78, 5) is 74.4. The molecule has 0 fully saturated rings. The van der Waals surface area contributed by atoms with Crippen LogP contribution in [0.5, 0.6) is 0 Å². The van der Waals surface area contributed by atoms with E-state index in [2.05, 4.69) is 16.0 Å². The Labute approximate surface area is 227 Å². The summed E-state index contributed by atoms with van der Waals surface area (Å²) in [5.74, 6) is -3.13. The molecule has 3 unspecified atom stereocenters. The lowest BCUT2D eigenvalue weighted by Gasteiger charge is -2.27. The van der Waals surface area contributed by atoms with E-state index in [9.17, 15) is 33.9 Å². The highest BCUT2D eigenvalue weighted by Gasteiger charge is 2.32. The molecule has 13 heteroatoms. The molecular formula is C25H40N4O8S. The zero-order valence-electron chi connectivity index (χ0n) is 22.9. The zero-order valence-corrected chi connectivity index (χ0v) is 23.7. The zero-order chi connectivity index (χ0) is 29.0. The Balaban J connectivity index is 2.77. The molecule has 5 amide bonds. The molecule has 0 radical (unpaired) electrons. The third-order valence-electron chi connectivity index (χ3n) is 5.50. The summed E-state index contributed by atoms with van der Waals surface area (Å²) >= 11 is 1.49. The molecule has 0 saturated heterocycles. The number of alkyl carbamates (subject to hydrolysis) is 1. The van der Waals surface area contributed by atoms with Crippen LogP contribution < -0.4 is 16.0 Å². The second-order valence-electron chi connectivity index (χ2n) is 10.3. The lowest BCUT2D eigenvalue weighted by atomic mass is 10.0. The first kappa shape index (κ1) is 32.9. The Morgan fingerprint density at radius 3 is 2.05 bits per heavy atom. The number of nitrogens with one attached hydrogen (secondary N) is 3. The SMILES string of the molecule is CSCCC(NC(=O)OC(C)(C)C)C(=O)NC(C(=O)NC(CCCCN1C(=O)C=CC1=O)C(=O)O)C(C)C. The van der Waals surface area contributed by atoms with Crippen molar-refractivity contribution < 1.29 is 38.6 Å². The maximum Gasteiger partial charge on any atom is 0.408 e. The maximum absolute atomic E-state index is 13.0. The second kappa shape index (κ2) is 15.4. The number of aliphatic carboxylic acids is 1. The maximum atomic E-state index is 13.0. The molecule has 1 rings (SSSR count). The van der Waals surface area contributed by atoms with Crippen molar-refractivity contribution in [2.45, 2.75) is 84.0 Å². The van der Waals surface area contributed by atoms with Gasteiger partial charge in [-0.3, -0.25) is 24.1 Å². The number of hydrogen-bond donors (Lipinski definition) is 4. The van der Waals surface area contributed by atoms with Gasteiger partial charge in [-0.05, 0) is 64.4 Å². The smallest absolute Gasteiger partial charge is 0.408 e. The molecule has 0 saturated carbocycles. The van der Waals surface area contributed by atoms with Gasteiger partial charge in [-0.2, -0.15) is 11.8 Å². The van der Waals surface area contributed by atoms with Crippen LogP contribution in [-0.4, -0.2) is 88.0 Å². The fourth-order valence-electron chi connectivity index (χ4n) is 3.53. The van der Waals surface area contributed by atoms with E-state index in [0.717, 1.165) is 4.90 Å². The number of carboxylic acid groups (broad SMARTS) is 1. The van der Waals surface area contributed by atoms with Crippen molar-refractivity contribution in [3.8, 4) is 0 Å². The van der Waals surface area contributed by atoms with Crippen molar-refractivity contribution in [3.05, 3.63) is 12.2 Å². The van der Waals surface area contributed by atoms with E-state index < -0.39 is 59.4 Å². The van der Waals surface area contributed by atoms with Crippen LogP contribution in [0.1, 0.15) is 60.3 Å². The average Bonchev–Trinajstić information content (AvgIpc) is 3.12. The molecule has 0 aromatic carbocycles. The van der Waals surface area contributed by atoms with Gasteiger partial charge in [0.05, 0.1) is 0 Å². The number of amides is 5. The fraction of sp³-hybridized carbons (Fsp3) is 0.680. The van der Waals surface area contributed by atoms with E-state index in [0.29, 0.717) is 25.0 Å². The van der Waals surface area contributed by atoms with Crippen molar-refractivity contribution in [2.24, 2.45) is 5.92 Å². The highest BCUT2D eigenvalue weighted by atomic mass is 32.2. The minimum absolute atomic E-state index is 0.0695. The number of rotatable bonds is 15. The van der Waals surface area contributed by atoms with Gasteiger partial charge in [0.15, 0.2) is 0 Å². The molecule has 1 aliphatic rings. The summed E-state index contributed by atoms with van der Waals surface area (Å²) in [7, 11) is 0.